The molecule has 0 fully saturated rings. The van der Waals surface area contributed by atoms with Gasteiger partial charge in [0, 0.05) is 12.1 Å². The normalized spacial score (nSPS) is 10.6. The number of fused-ring (bicyclic) bond motifs is 1. The van der Waals surface area contributed by atoms with Gasteiger partial charge in [-0.3, -0.25) is 4.79 Å². The van der Waals surface area contributed by atoms with E-state index in [1.54, 1.807) is 23.7 Å². The van der Waals surface area contributed by atoms with Gasteiger partial charge in [0.2, 0.25) is 5.91 Å². The lowest BCUT2D eigenvalue weighted by molar-refractivity contribution is -0.121. The Bertz CT molecular complexity index is 602. The molecule has 4 nitrogen and oxygen atoms in total. The third-order valence-electron chi connectivity index (χ3n) is 2.32. The molecule has 2 N–H and O–H groups in total. The standard InChI is InChI=1S/C10H10ClN3OS/c1-12-9(15)5-14-8-4-6(11)2-3-7(8)13-10(14)16/h2-4H,5H2,1H3,(H,12,15)(H,13,16). The molecule has 2 rings (SSSR count). The van der Waals surface area contributed by atoms with Crippen LogP contribution in [0.15, 0.2) is 18.2 Å². The summed E-state index contributed by atoms with van der Waals surface area (Å²) in [5.41, 5.74) is 1.71. The second-order valence-corrected chi connectivity index (χ2v) is 4.17. The fourth-order valence-corrected chi connectivity index (χ4v) is 1.94. The first-order chi connectivity index (χ1) is 7.61. The summed E-state index contributed by atoms with van der Waals surface area (Å²) >= 11 is 11.1. The molecule has 0 aliphatic carbocycles. The number of rotatable bonds is 2. The summed E-state index contributed by atoms with van der Waals surface area (Å²) in [5.74, 6) is -0.100. The number of likely N-dealkylation sites (N-methyl/N-ethyl adjacent to an activating group) is 1. The average Bonchev–Trinajstić information content (AvgIpc) is 2.55. The van der Waals surface area contributed by atoms with Gasteiger partial charge in [-0.2, -0.15) is 0 Å². The molecule has 0 aliphatic rings. The molecule has 0 spiro atoms. The average molecular weight is 256 g/mol. The Balaban J connectivity index is 2.58. The van der Waals surface area contributed by atoms with Crippen LogP contribution < -0.4 is 5.32 Å². The van der Waals surface area contributed by atoms with Crippen molar-refractivity contribution in [3.05, 3.63) is 28.0 Å². The molecule has 0 radical (unpaired) electrons. The molecule has 0 saturated heterocycles. The minimum absolute atomic E-state index is 0.100. The van der Waals surface area contributed by atoms with E-state index in [0.29, 0.717) is 9.79 Å². The van der Waals surface area contributed by atoms with Crippen molar-refractivity contribution in [2.75, 3.05) is 7.05 Å². The van der Waals surface area contributed by atoms with E-state index < -0.39 is 0 Å². The van der Waals surface area contributed by atoms with Gasteiger partial charge in [-0.05, 0) is 30.4 Å². The van der Waals surface area contributed by atoms with E-state index in [-0.39, 0.29) is 12.5 Å². The van der Waals surface area contributed by atoms with E-state index >= 15 is 0 Å². The monoisotopic (exact) mass is 255 g/mol. The molecule has 1 aromatic carbocycles. The number of hydrogen-bond acceptors (Lipinski definition) is 2. The molecule has 6 heteroatoms. The van der Waals surface area contributed by atoms with Gasteiger partial charge in [0.15, 0.2) is 4.77 Å². The maximum Gasteiger partial charge on any atom is 0.239 e. The molecule has 16 heavy (non-hydrogen) atoms. The van der Waals surface area contributed by atoms with E-state index in [2.05, 4.69) is 10.3 Å². The number of nitrogens with zero attached hydrogens (tertiary/aromatic N) is 1. The Morgan fingerprint density at radius 3 is 3.06 bits per heavy atom. The Hall–Kier alpha value is -1.33. The Morgan fingerprint density at radius 1 is 1.62 bits per heavy atom. The topological polar surface area (TPSA) is 49.8 Å². The van der Waals surface area contributed by atoms with Gasteiger partial charge in [-0.25, -0.2) is 0 Å². The maximum absolute atomic E-state index is 11.3. The Labute approximate surface area is 102 Å². The van der Waals surface area contributed by atoms with Gasteiger partial charge in [-0.1, -0.05) is 11.6 Å². The lowest BCUT2D eigenvalue weighted by Gasteiger charge is -2.03. The number of benzene rings is 1. The van der Waals surface area contributed by atoms with Gasteiger partial charge in [0.1, 0.15) is 6.54 Å². The van der Waals surface area contributed by atoms with Crippen molar-refractivity contribution in [3.8, 4) is 0 Å². The number of nitrogens with one attached hydrogen (secondary N) is 2. The number of imidazole rings is 1. The van der Waals surface area contributed by atoms with Gasteiger partial charge in [-0.15, -0.1) is 0 Å². The maximum atomic E-state index is 11.3. The molecule has 0 unspecified atom stereocenters. The van der Waals surface area contributed by atoms with Crippen molar-refractivity contribution in [2.45, 2.75) is 6.54 Å². The second-order valence-electron chi connectivity index (χ2n) is 3.35. The Morgan fingerprint density at radius 2 is 2.38 bits per heavy atom. The highest BCUT2D eigenvalue weighted by atomic mass is 35.5. The van der Waals surface area contributed by atoms with Crippen LogP contribution in [0.4, 0.5) is 0 Å². The zero-order chi connectivity index (χ0) is 11.7. The number of carbonyl (C=O) groups excluding carboxylic acids is 1. The van der Waals surface area contributed by atoms with Gasteiger partial charge in [0.25, 0.3) is 0 Å². The van der Waals surface area contributed by atoms with Crippen molar-refractivity contribution in [2.24, 2.45) is 0 Å². The number of aromatic amines is 1. The predicted octanol–water partition coefficient (Wildman–Crippen LogP) is 2.10. The number of H-pyrrole nitrogens is 1. The minimum Gasteiger partial charge on any atom is -0.358 e. The highest BCUT2D eigenvalue weighted by molar-refractivity contribution is 7.71. The predicted molar refractivity (Wildman–Crippen MR) is 66.2 cm³/mol. The van der Waals surface area contributed by atoms with Crippen LogP contribution in [0.5, 0.6) is 0 Å². The molecule has 0 bridgehead atoms. The van der Waals surface area contributed by atoms with Crippen LogP contribution in [0.25, 0.3) is 11.0 Å². The number of carbonyl (C=O) groups is 1. The first kappa shape index (κ1) is 11.2. The van der Waals surface area contributed by atoms with Crippen molar-refractivity contribution in [1.82, 2.24) is 14.9 Å². The minimum atomic E-state index is -0.100. The molecular weight excluding hydrogens is 246 g/mol. The summed E-state index contributed by atoms with van der Waals surface area (Å²) in [6, 6.07) is 5.40. The highest BCUT2D eigenvalue weighted by Crippen LogP contribution is 2.19. The number of halogens is 1. The molecule has 0 atom stereocenters. The van der Waals surface area contributed by atoms with E-state index in [1.807, 2.05) is 6.07 Å². The molecular formula is C10H10ClN3OS. The van der Waals surface area contributed by atoms with Crippen molar-refractivity contribution >= 4 is 40.8 Å². The first-order valence-corrected chi connectivity index (χ1v) is 5.49. The van der Waals surface area contributed by atoms with Crippen molar-refractivity contribution in [3.63, 3.8) is 0 Å². The first-order valence-electron chi connectivity index (χ1n) is 4.70. The fourth-order valence-electron chi connectivity index (χ4n) is 1.51. The van der Waals surface area contributed by atoms with E-state index in [1.165, 1.54) is 0 Å². The Kier molecular flexibility index (Phi) is 2.98. The molecule has 0 aliphatic heterocycles. The van der Waals surface area contributed by atoms with Crippen LogP contribution in [-0.4, -0.2) is 22.5 Å². The van der Waals surface area contributed by atoms with Crippen LogP contribution in [-0.2, 0) is 11.3 Å². The number of amides is 1. The zero-order valence-electron chi connectivity index (χ0n) is 8.58. The quantitative estimate of drug-likeness (QED) is 0.808. The fraction of sp³-hybridized carbons (Fsp3) is 0.200. The van der Waals surface area contributed by atoms with Crippen molar-refractivity contribution in [1.29, 1.82) is 0 Å². The lowest BCUT2D eigenvalue weighted by atomic mass is 10.3. The second kappa shape index (κ2) is 4.27. The molecule has 2 aromatic rings. The molecule has 0 saturated carbocycles. The van der Waals surface area contributed by atoms with E-state index in [4.69, 9.17) is 23.8 Å². The molecule has 1 amide bonds. The van der Waals surface area contributed by atoms with Gasteiger partial charge >= 0.3 is 0 Å². The van der Waals surface area contributed by atoms with E-state index in [9.17, 15) is 4.79 Å². The smallest absolute Gasteiger partial charge is 0.239 e. The van der Waals surface area contributed by atoms with Gasteiger partial charge < -0.3 is 14.9 Å². The summed E-state index contributed by atoms with van der Waals surface area (Å²) in [5, 5.41) is 3.17. The molecule has 1 heterocycles. The van der Waals surface area contributed by atoms with Gasteiger partial charge in [0.05, 0.1) is 11.0 Å². The summed E-state index contributed by atoms with van der Waals surface area (Å²) in [6.45, 7) is 0.190. The molecule has 1 aromatic heterocycles. The number of hydrogen-bond donors (Lipinski definition) is 2. The summed E-state index contributed by atoms with van der Waals surface area (Å²) < 4.78 is 2.23. The lowest BCUT2D eigenvalue weighted by Crippen LogP contribution is -2.23. The third kappa shape index (κ3) is 1.96. The SMILES string of the molecule is CNC(=O)Cn1c(=S)[nH]c2ccc(Cl)cc21. The van der Waals surface area contributed by atoms with E-state index in [0.717, 1.165) is 11.0 Å². The summed E-state index contributed by atoms with van der Waals surface area (Å²) in [6.07, 6.45) is 0. The van der Waals surface area contributed by atoms with Crippen LogP contribution >= 0.6 is 23.8 Å². The summed E-state index contributed by atoms with van der Waals surface area (Å²) in [7, 11) is 1.59. The van der Waals surface area contributed by atoms with Crippen LogP contribution in [0.3, 0.4) is 0 Å². The zero-order valence-corrected chi connectivity index (χ0v) is 10.2. The third-order valence-corrected chi connectivity index (χ3v) is 2.88. The van der Waals surface area contributed by atoms with Crippen LogP contribution in [0, 0.1) is 4.77 Å². The number of aromatic nitrogens is 2. The highest BCUT2D eigenvalue weighted by Gasteiger charge is 2.07. The largest absolute Gasteiger partial charge is 0.358 e. The molecule has 84 valence electrons. The van der Waals surface area contributed by atoms with Crippen LogP contribution in [0.1, 0.15) is 0 Å². The van der Waals surface area contributed by atoms with Crippen molar-refractivity contribution < 1.29 is 4.79 Å². The summed E-state index contributed by atoms with van der Waals surface area (Å²) in [4.78, 5) is 14.4. The van der Waals surface area contributed by atoms with Crippen LogP contribution in [0.2, 0.25) is 5.02 Å².